The van der Waals surface area contributed by atoms with E-state index in [2.05, 4.69) is 52.6 Å². The van der Waals surface area contributed by atoms with Crippen LogP contribution >= 0.6 is 0 Å². The summed E-state index contributed by atoms with van der Waals surface area (Å²) in [5.41, 5.74) is 1.20. The molecule has 0 aliphatic carbocycles. The minimum atomic E-state index is -0.184. The van der Waals surface area contributed by atoms with Crippen LogP contribution in [0, 0.1) is 10.8 Å². The molecule has 2 heteroatoms. The van der Waals surface area contributed by atoms with Crippen molar-refractivity contribution < 1.29 is 4.74 Å². The maximum absolute atomic E-state index is 6.31. The van der Waals surface area contributed by atoms with Crippen LogP contribution < -0.4 is 4.74 Å². The fourth-order valence-corrected chi connectivity index (χ4v) is 3.08. The molecule has 0 spiro atoms. The summed E-state index contributed by atoms with van der Waals surface area (Å²) in [5.74, 6) is 0.817. The third-order valence-corrected chi connectivity index (χ3v) is 3.98. The molecule has 94 valence electrons. The Balaban J connectivity index is 2.50. The van der Waals surface area contributed by atoms with Crippen LogP contribution in [-0.4, -0.2) is 10.6 Å². The molecule has 17 heavy (non-hydrogen) atoms. The molecule has 2 heterocycles. The van der Waals surface area contributed by atoms with Crippen molar-refractivity contribution in [3.63, 3.8) is 0 Å². The minimum Gasteiger partial charge on any atom is -0.469 e. The van der Waals surface area contributed by atoms with Crippen LogP contribution in [0.1, 0.15) is 47.1 Å². The minimum absolute atomic E-state index is 0.0753. The smallest absolute Gasteiger partial charge is 0.217 e. The van der Waals surface area contributed by atoms with Gasteiger partial charge >= 0.3 is 0 Å². The van der Waals surface area contributed by atoms with Crippen LogP contribution in [0.5, 0.6) is 5.88 Å². The van der Waals surface area contributed by atoms with Gasteiger partial charge in [-0.25, -0.2) is 4.98 Å². The van der Waals surface area contributed by atoms with Crippen LogP contribution in [0.2, 0.25) is 0 Å². The van der Waals surface area contributed by atoms with E-state index in [9.17, 15) is 0 Å². The first-order chi connectivity index (χ1) is 7.67. The standard InChI is InChI=1S/C15H23NO/c1-13(2,3)15(14(4,5)6)10-11-8-7-9-16-12(11)17-15/h7-9H,10H2,1-6H3. The van der Waals surface area contributed by atoms with Crippen molar-refractivity contribution in [3.05, 3.63) is 23.9 Å². The number of hydrogen-bond acceptors (Lipinski definition) is 2. The Bertz CT molecular complexity index is 382. The van der Waals surface area contributed by atoms with Gasteiger partial charge in [-0.2, -0.15) is 0 Å². The van der Waals surface area contributed by atoms with Crippen molar-refractivity contribution in [3.8, 4) is 5.88 Å². The van der Waals surface area contributed by atoms with Gasteiger partial charge < -0.3 is 4.74 Å². The van der Waals surface area contributed by atoms with E-state index in [1.807, 2.05) is 6.07 Å². The highest BCUT2D eigenvalue weighted by Gasteiger charge is 2.56. The zero-order chi connectivity index (χ0) is 12.9. The van der Waals surface area contributed by atoms with Gasteiger partial charge in [0, 0.05) is 29.0 Å². The highest BCUT2D eigenvalue weighted by Crippen LogP contribution is 2.53. The SMILES string of the molecule is CC(C)(C)C1(C(C)(C)C)Cc2cccnc2O1. The van der Waals surface area contributed by atoms with E-state index in [1.165, 1.54) is 5.56 Å². The maximum Gasteiger partial charge on any atom is 0.217 e. The molecular weight excluding hydrogens is 210 g/mol. The molecule has 0 amide bonds. The molecule has 1 aromatic rings. The fraction of sp³-hybridized carbons (Fsp3) is 0.667. The quantitative estimate of drug-likeness (QED) is 0.679. The summed E-state index contributed by atoms with van der Waals surface area (Å²) in [6.07, 6.45) is 2.75. The first-order valence-electron chi connectivity index (χ1n) is 6.30. The average Bonchev–Trinajstić information content (AvgIpc) is 2.55. The lowest BCUT2D eigenvalue weighted by Crippen LogP contribution is -2.56. The molecule has 0 bridgehead atoms. The van der Waals surface area contributed by atoms with Gasteiger partial charge in [-0.15, -0.1) is 0 Å². The molecule has 0 saturated heterocycles. The molecule has 1 aliphatic rings. The number of pyridine rings is 1. The van der Waals surface area contributed by atoms with Crippen molar-refractivity contribution >= 4 is 0 Å². The van der Waals surface area contributed by atoms with E-state index < -0.39 is 0 Å². The molecule has 1 aliphatic heterocycles. The topological polar surface area (TPSA) is 22.1 Å². The molecular formula is C15H23NO. The second-order valence-electron chi connectivity index (χ2n) is 7.07. The molecule has 1 aromatic heterocycles. The van der Waals surface area contributed by atoms with E-state index in [4.69, 9.17) is 4.74 Å². The van der Waals surface area contributed by atoms with E-state index in [0.717, 1.165) is 12.3 Å². The largest absolute Gasteiger partial charge is 0.469 e. The summed E-state index contributed by atoms with van der Waals surface area (Å²) in [6.45, 7) is 13.5. The summed E-state index contributed by atoms with van der Waals surface area (Å²) in [6, 6.07) is 4.12. The van der Waals surface area contributed by atoms with Gasteiger partial charge in [0.25, 0.3) is 0 Å². The summed E-state index contributed by atoms with van der Waals surface area (Å²) in [7, 11) is 0. The highest BCUT2D eigenvalue weighted by atomic mass is 16.5. The Morgan fingerprint density at radius 2 is 1.71 bits per heavy atom. The number of nitrogens with zero attached hydrogens (tertiary/aromatic N) is 1. The Morgan fingerprint density at radius 1 is 1.12 bits per heavy atom. The van der Waals surface area contributed by atoms with Crippen LogP contribution in [0.25, 0.3) is 0 Å². The second kappa shape index (κ2) is 3.47. The van der Waals surface area contributed by atoms with Crippen LogP contribution in [0.4, 0.5) is 0 Å². The van der Waals surface area contributed by atoms with Gasteiger partial charge in [-0.05, 0) is 6.07 Å². The van der Waals surface area contributed by atoms with Gasteiger partial charge in [0.2, 0.25) is 5.88 Å². The molecule has 2 nitrogen and oxygen atoms in total. The highest BCUT2D eigenvalue weighted by molar-refractivity contribution is 5.35. The molecule has 0 N–H and O–H groups in total. The lowest BCUT2D eigenvalue weighted by molar-refractivity contribution is -0.100. The average molecular weight is 233 g/mol. The first-order valence-corrected chi connectivity index (χ1v) is 6.30. The molecule has 0 saturated carbocycles. The normalized spacial score (nSPS) is 18.7. The Labute approximate surface area is 104 Å². The van der Waals surface area contributed by atoms with Gasteiger partial charge in [-0.3, -0.25) is 0 Å². The number of rotatable bonds is 0. The van der Waals surface area contributed by atoms with Gasteiger partial charge in [0.1, 0.15) is 5.60 Å². The Kier molecular flexibility index (Phi) is 2.53. The van der Waals surface area contributed by atoms with Crippen molar-refractivity contribution in [1.29, 1.82) is 0 Å². The third kappa shape index (κ3) is 1.74. The number of hydrogen-bond donors (Lipinski definition) is 0. The van der Waals surface area contributed by atoms with E-state index in [1.54, 1.807) is 6.20 Å². The van der Waals surface area contributed by atoms with Gasteiger partial charge in [0.15, 0.2) is 0 Å². The monoisotopic (exact) mass is 233 g/mol. The predicted octanol–water partition coefficient (Wildman–Crippen LogP) is 3.85. The lowest BCUT2D eigenvalue weighted by atomic mass is 9.61. The van der Waals surface area contributed by atoms with Crippen LogP contribution in [0.3, 0.4) is 0 Å². The summed E-state index contributed by atoms with van der Waals surface area (Å²) in [4.78, 5) is 4.36. The van der Waals surface area contributed by atoms with Crippen molar-refractivity contribution in [2.45, 2.75) is 53.6 Å². The predicted molar refractivity (Wildman–Crippen MR) is 70.2 cm³/mol. The van der Waals surface area contributed by atoms with Crippen molar-refractivity contribution in [1.82, 2.24) is 4.98 Å². The third-order valence-electron chi connectivity index (χ3n) is 3.98. The van der Waals surface area contributed by atoms with Crippen molar-refractivity contribution in [2.24, 2.45) is 10.8 Å². The zero-order valence-corrected chi connectivity index (χ0v) is 11.8. The lowest BCUT2D eigenvalue weighted by Gasteiger charge is -2.49. The van der Waals surface area contributed by atoms with E-state index >= 15 is 0 Å². The summed E-state index contributed by atoms with van der Waals surface area (Å²) in [5, 5.41) is 0. The van der Waals surface area contributed by atoms with E-state index in [0.29, 0.717) is 0 Å². The first kappa shape index (κ1) is 12.4. The van der Waals surface area contributed by atoms with Gasteiger partial charge in [0.05, 0.1) is 0 Å². The van der Waals surface area contributed by atoms with Crippen molar-refractivity contribution in [2.75, 3.05) is 0 Å². The van der Waals surface area contributed by atoms with Crippen LogP contribution in [0.15, 0.2) is 18.3 Å². The molecule has 0 atom stereocenters. The molecule has 0 unspecified atom stereocenters. The number of ether oxygens (including phenoxy) is 1. The molecule has 0 aromatic carbocycles. The Morgan fingerprint density at radius 3 is 2.18 bits per heavy atom. The Hall–Kier alpha value is -1.05. The second-order valence-corrected chi connectivity index (χ2v) is 7.07. The molecule has 0 radical (unpaired) electrons. The zero-order valence-electron chi connectivity index (χ0n) is 11.8. The number of aromatic nitrogens is 1. The number of fused-ring (bicyclic) bond motifs is 1. The molecule has 0 fully saturated rings. The maximum atomic E-state index is 6.31. The summed E-state index contributed by atoms with van der Waals surface area (Å²) < 4.78 is 6.31. The van der Waals surface area contributed by atoms with E-state index in [-0.39, 0.29) is 16.4 Å². The summed E-state index contributed by atoms with van der Waals surface area (Å²) >= 11 is 0. The molecule has 2 rings (SSSR count). The van der Waals surface area contributed by atoms with Gasteiger partial charge in [-0.1, -0.05) is 47.6 Å². The fourth-order valence-electron chi connectivity index (χ4n) is 3.08. The van der Waals surface area contributed by atoms with Crippen LogP contribution in [-0.2, 0) is 6.42 Å².